The van der Waals surface area contributed by atoms with Gasteiger partial charge >= 0.3 is 0 Å². The smallest absolute Gasteiger partial charge is 0.280 e. The Morgan fingerprint density at radius 3 is 2.59 bits per heavy atom. The van der Waals surface area contributed by atoms with Gasteiger partial charge in [-0.3, -0.25) is 19.5 Å². The summed E-state index contributed by atoms with van der Waals surface area (Å²) in [7, 11) is 2.04. The average molecular weight is 387 g/mol. The third-order valence-electron chi connectivity index (χ3n) is 4.96. The van der Waals surface area contributed by atoms with Crippen molar-refractivity contribution in [3.63, 3.8) is 0 Å². The van der Waals surface area contributed by atoms with Crippen LogP contribution in [0, 0.1) is 0 Å². The third kappa shape index (κ3) is 3.38. The lowest BCUT2D eigenvalue weighted by atomic mass is 10.1. The van der Waals surface area contributed by atoms with Crippen LogP contribution in [0.1, 0.15) is 28.6 Å². The Morgan fingerprint density at radius 1 is 1.15 bits per heavy atom. The first-order valence-corrected chi connectivity index (χ1v) is 9.14. The van der Waals surface area contributed by atoms with Crippen molar-refractivity contribution in [1.82, 2.24) is 24.8 Å². The number of carbonyl (C=O) groups is 2. The van der Waals surface area contributed by atoms with Crippen LogP contribution in [-0.4, -0.2) is 69.8 Å². The Labute approximate surface area is 161 Å². The predicted octanol–water partition coefficient (Wildman–Crippen LogP) is 1.39. The number of rotatable bonds is 3. The lowest BCUT2D eigenvalue weighted by Gasteiger charge is -2.33. The van der Waals surface area contributed by atoms with Crippen molar-refractivity contribution in [2.45, 2.75) is 12.5 Å². The Kier molecular flexibility index (Phi) is 4.75. The summed E-state index contributed by atoms with van der Waals surface area (Å²) in [5.74, 6) is 0.128. The first-order chi connectivity index (χ1) is 13.0. The summed E-state index contributed by atoms with van der Waals surface area (Å²) in [5, 5.41) is 0.476. The highest BCUT2D eigenvalue weighted by Crippen LogP contribution is 2.37. The number of anilines is 1. The number of halogens is 1. The summed E-state index contributed by atoms with van der Waals surface area (Å²) >= 11 is 5.92. The van der Waals surface area contributed by atoms with Gasteiger partial charge in [0.2, 0.25) is 5.91 Å². The largest absolute Gasteiger partial charge is 0.340 e. The second kappa shape index (κ2) is 7.21. The van der Waals surface area contributed by atoms with E-state index in [-0.39, 0.29) is 23.9 Å². The molecular formula is C18H19ClN6O2. The van der Waals surface area contributed by atoms with E-state index in [4.69, 9.17) is 11.6 Å². The van der Waals surface area contributed by atoms with Gasteiger partial charge in [-0.1, -0.05) is 11.6 Å². The van der Waals surface area contributed by atoms with E-state index in [2.05, 4.69) is 19.9 Å². The summed E-state index contributed by atoms with van der Waals surface area (Å²) < 4.78 is 0. The molecule has 2 aliphatic heterocycles. The van der Waals surface area contributed by atoms with Crippen LogP contribution in [0.3, 0.4) is 0 Å². The molecule has 1 fully saturated rings. The average Bonchev–Trinajstić information content (AvgIpc) is 2.95. The molecule has 1 atom stereocenters. The standard InChI is InChI=1S/C18H19ClN6O2/c1-23-6-8-24(9-7-23)15(26)10-13-16-17(21-5-4-20-16)18(27)25(13)14-3-2-12(19)11-22-14/h2-5,11,13H,6-10H2,1H3. The van der Waals surface area contributed by atoms with Gasteiger partial charge in [0, 0.05) is 44.8 Å². The SMILES string of the molecule is CN1CCN(C(=O)CC2c3nccnc3C(=O)N2c2ccc(Cl)cn2)CC1. The van der Waals surface area contributed by atoms with Gasteiger partial charge < -0.3 is 9.80 Å². The van der Waals surface area contributed by atoms with E-state index < -0.39 is 6.04 Å². The molecule has 140 valence electrons. The third-order valence-corrected chi connectivity index (χ3v) is 5.18. The van der Waals surface area contributed by atoms with Crippen LogP contribution in [-0.2, 0) is 4.79 Å². The highest BCUT2D eigenvalue weighted by atomic mass is 35.5. The number of hydrogen-bond acceptors (Lipinski definition) is 6. The van der Waals surface area contributed by atoms with Crippen molar-refractivity contribution in [2.75, 3.05) is 38.1 Å². The van der Waals surface area contributed by atoms with E-state index in [1.54, 1.807) is 12.1 Å². The fourth-order valence-electron chi connectivity index (χ4n) is 3.45. The van der Waals surface area contributed by atoms with Crippen molar-refractivity contribution in [3.05, 3.63) is 47.1 Å². The second-order valence-corrected chi connectivity index (χ2v) is 7.14. The number of piperazine rings is 1. The molecule has 2 aromatic rings. The minimum atomic E-state index is -0.526. The molecule has 0 radical (unpaired) electrons. The molecule has 0 spiro atoms. The van der Waals surface area contributed by atoms with Gasteiger partial charge in [-0.05, 0) is 19.2 Å². The molecule has 2 aromatic heterocycles. The number of pyridine rings is 1. The zero-order valence-corrected chi connectivity index (χ0v) is 15.6. The summed E-state index contributed by atoms with van der Waals surface area (Å²) in [6.45, 7) is 3.05. The molecule has 4 rings (SSSR count). The number of aromatic nitrogens is 3. The van der Waals surface area contributed by atoms with Gasteiger partial charge in [-0.15, -0.1) is 0 Å². The number of carbonyl (C=O) groups excluding carboxylic acids is 2. The number of amides is 2. The normalized spacial score (nSPS) is 20.1. The van der Waals surface area contributed by atoms with Crippen LogP contribution in [0.25, 0.3) is 0 Å². The van der Waals surface area contributed by atoms with Crippen molar-refractivity contribution in [2.24, 2.45) is 0 Å². The Balaban J connectivity index is 1.63. The number of fused-ring (bicyclic) bond motifs is 1. The van der Waals surface area contributed by atoms with Gasteiger partial charge in [0.05, 0.1) is 23.2 Å². The van der Waals surface area contributed by atoms with Gasteiger partial charge in [0.15, 0.2) is 5.69 Å². The lowest BCUT2D eigenvalue weighted by Crippen LogP contribution is -2.48. The molecule has 0 bridgehead atoms. The first-order valence-electron chi connectivity index (χ1n) is 8.77. The Hall–Kier alpha value is -2.58. The monoisotopic (exact) mass is 386 g/mol. The van der Waals surface area contributed by atoms with E-state index in [0.717, 1.165) is 13.1 Å². The molecule has 2 aliphatic rings. The van der Waals surface area contributed by atoms with Crippen LogP contribution in [0.5, 0.6) is 0 Å². The Bertz CT molecular complexity index is 866. The summed E-state index contributed by atoms with van der Waals surface area (Å²) in [5.41, 5.74) is 0.784. The van der Waals surface area contributed by atoms with Crippen molar-refractivity contribution in [3.8, 4) is 0 Å². The molecule has 0 saturated carbocycles. The van der Waals surface area contributed by atoms with Crippen LogP contribution in [0.4, 0.5) is 5.82 Å². The number of nitrogens with zero attached hydrogens (tertiary/aromatic N) is 6. The summed E-state index contributed by atoms with van der Waals surface area (Å²) in [6, 6.07) is 2.81. The lowest BCUT2D eigenvalue weighted by molar-refractivity contribution is -0.133. The van der Waals surface area contributed by atoms with E-state index in [0.29, 0.717) is 29.6 Å². The molecular weight excluding hydrogens is 368 g/mol. The predicted molar refractivity (Wildman–Crippen MR) is 99.5 cm³/mol. The molecule has 0 N–H and O–H groups in total. The van der Waals surface area contributed by atoms with Gasteiger partial charge in [-0.25, -0.2) is 9.97 Å². The molecule has 0 aromatic carbocycles. The Morgan fingerprint density at radius 2 is 1.89 bits per heavy atom. The first kappa shape index (κ1) is 17.8. The fourth-order valence-corrected chi connectivity index (χ4v) is 3.56. The quantitative estimate of drug-likeness (QED) is 0.792. The minimum absolute atomic E-state index is 0.00151. The molecule has 4 heterocycles. The van der Waals surface area contributed by atoms with E-state index in [1.807, 2.05) is 11.9 Å². The van der Waals surface area contributed by atoms with Crippen molar-refractivity contribution in [1.29, 1.82) is 0 Å². The molecule has 0 aliphatic carbocycles. The van der Waals surface area contributed by atoms with E-state index in [1.165, 1.54) is 23.5 Å². The summed E-state index contributed by atoms with van der Waals surface area (Å²) in [4.78, 5) is 44.1. The minimum Gasteiger partial charge on any atom is -0.340 e. The topological polar surface area (TPSA) is 82.5 Å². The van der Waals surface area contributed by atoms with E-state index in [9.17, 15) is 9.59 Å². The fraction of sp³-hybridized carbons (Fsp3) is 0.389. The highest BCUT2D eigenvalue weighted by molar-refractivity contribution is 6.30. The molecule has 1 unspecified atom stereocenters. The second-order valence-electron chi connectivity index (χ2n) is 6.70. The molecule has 1 saturated heterocycles. The zero-order valence-electron chi connectivity index (χ0n) is 14.9. The van der Waals surface area contributed by atoms with Gasteiger partial charge in [0.25, 0.3) is 5.91 Å². The number of hydrogen-bond donors (Lipinski definition) is 0. The van der Waals surface area contributed by atoms with Crippen LogP contribution in [0.15, 0.2) is 30.7 Å². The molecule has 9 heteroatoms. The van der Waals surface area contributed by atoms with E-state index >= 15 is 0 Å². The summed E-state index contributed by atoms with van der Waals surface area (Å²) in [6.07, 6.45) is 4.64. The van der Waals surface area contributed by atoms with Gasteiger partial charge in [-0.2, -0.15) is 0 Å². The maximum absolute atomic E-state index is 12.9. The maximum Gasteiger partial charge on any atom is 0.280 e. The van der Waals surface area contributed by atoms with Crippen molar-refractivity contribution >= 4 is 29.2 Å². The molecule has 2 amide bonds. The zero-order chi connectivity index (χ0) is 19.0. The maximum atomic E-state index is 12.9. The molecule has 8 nitrogen and oxygen atoms in total. The highest BCUT2D eigenvalue weighted by Gasteiger charge is 2.42. The number of likely N-dealkylation sites (N-methyl/N-ethyl adjacent to an activating group) is 1. The van der Waals surface area contributed by atoms with Crippen LogP contribution >= 0.6 is 11.6 Å². The van der Waals surface area contributed by atoms with Crippen LogP contribution < -0.4 is 4.90 Å². The van der Waals surface area contributed by atoms with Crippen LogP contribution in [0.2, 0.25) is 5.02 Å². The van der Waals surface area contributed by atoms with Crippen molar-refractivity contribution < 1.29 is 9.59 Å². The van der Waals surface area contributed by atoms with Gasteiger partial charge in [0.1, 0.15) is 5.82 Å². The molecule has 27 heavy (non-hydrogen) atoms.